The van der Waals surface area contributed by atoms with Crippen LogP contribution >= 0.6 is 0 Å². The molecule has 23 heavy (non-hydrogen) atoms. The molecule has 3 rings (SSSR count). The van der Waals surface area contributed by atoms with Crippen LogP contribution in [0.25, 0.3) is 0 Å². The van der Waals surface area contributed by atoms with Crippen molar-refractivity contribution in [2.45, 2.75) is 6.54 Å². The van der Waals surface area contributed by atoms with E-state index in [9.17, 15) is 4.79 Å². The highest BCUT2D eigenvalue weighted by Gasteiger charge is 2.18. The van der Waals surface area contributed by atoms with Crippen LogP contribution in [0.2, 0.25) is 0 Å². The summed E-state index contributed by atoms with van der Waals surface area (Å²) in [6, 6.07) is 13.2. The Labute approximate surface area is 136 Å². The van der Waals surface area contributed by atoms with Crippen molar-refractivity contribution in [2.75, 3.05) is 38.1 Å². The predicted octanol–water partition coefficient (Wildman–Crippen LogP) is 1.76. The molecule has 2 heterocycles. The number of nitrogens with zero attached hydrogens (tertiary/aromatic N) is 3. The van der Waals surface area contributed by atoms with Gasteiger partial charge in [0.15, 0.2) is 0 Å². The van der Waals surface area contributed by atoms with Crippen LogP contribution in [-0.2, 0) is 6.54 Å². The van der Waals surface area contributed by atoms with Crippen molar-refractivity contribution in [3.63, 3.8) is 0 Å². The molecule has 1 aromatic carbocycles. The molecule has 1 amide bonds. The Balaban J connectivity index is 1.67. The number of pyridine rings is 1. The maximum Gasteiger partial charge on any atom is 0.251 e. The minimum atomic E-state index is -0.0567. The number of nitrogens with one attached hydrogen (secondary N) is 1. The van der Waals surface area contributed by atoms with Gasteiger partial charge < -0.3 is 15.1 Å². The Kier molecular flexibility index (Phi) is 4.88. The summed E-state index contributed by atoms with van der Waals surface area (Å²) in [5.41, 5.74) is 1.74. The maximum absolute atomic E-state index is 12.2. The van der Waals surface area contributed by atoms with Crippen molar-refractivity contribution < 1.29 is 4.79 Å². The summed E-state index contributed by atoms with van der Waals surface area (Å²) in [4.78, 5) is 21.3. The first kappa shape index (κ1) is 15.5. The molecule has 1 N–H and O–H groups in total. The van der Waals surface area contributed by atoms with E-state index in [0.29, 0.717) is 12.1 Å². The molecular weight excluding hydrogens is 288 g/mol. The van der Waals surface area contributed by atoms with Gasteiger partial charge in [0.2, 0.25) is 0 Å². The number of hydrogen-bond acceptors (Lipinski definition) is 4. The van der Waals surface area contributed by atoms with E-state index in [2.05, 4.69) is 27.1 Å². The summed E-state index contributed by atoms with van der Waals surface area (Å²) in [5, 5.41) is 2.99. The van der Waals surface area contributed by atoms with Gasteiger partial charge in [-0.15, -0.1) is 0 Å². The van der Waals surface area contributed by atoms with E-state index in [1.807, 2.05) is 48.7 Å². The second kappa shape index (κ2) is 7.24. The first-order valence-corrected chi connectivity index (χ1v) is 7.94. The van der Waals surface area contributed by atoms with Crippen LogP contribution < -0.4 is 10.2 Å². The lowest BCUT2D eigenvalue weighted by atomic mass is 10.2. The molecule has 1 saturated heterocycles. The number of amides is 1. The van der Waals surface area contributed by atoms with Gasteiger partial charge in [-0.05, 0) is 25.2 Å². The Morgan fingerprint density at radius 1 is 1.09 bits per heavy atom. The van der Waals surface area contributed by atoms with Gasteiger partial charge in [-0.3, -0.25) is 4.79 Å². The zero-order valence-electron chi connectivity index (χ0n) is 13.4. The number of piperazine rings is 1. The molecule has 0 atom stereocenters. The van der Waals surface area contributed by atoms with Crippen molar-refractivity contribution in [2.24, 2.45) is 0 Å². The molecule has 1 aliphatic heterocycles. The van der Waals surface area contributed by atoms with Gasteiger partial charge in [0.25, 0.3) is 5.91 Å². The number of likely N-dealkylation sites (N-methyl/N-ethyl adjacent to an activating group) is 1. The number of aromatic nitrogens is 1. The molecule has 0 saturated carbocycles. The van der Waals surface area contributed by atoms with Crippen LogP contribution in [0.3, 0.4) is 0 Å². The molecule has 0 unspecified atom stereocenters. The third-order valence-corrected chi connectivity index (χ3v) is 4.15. The lowest BCUT2D eigenvalue weighted by molar-refractivity contribution is 0.0951. The Morgan fingerprint density at radius 3 is 2.57 bits per heavy atom. The molecular formula is C18H22N4O. The minimum Gasteiger partial charge on any atom is -0.354 e. The van der Waals surface area contributed by atoms with E-state index in [1.54, 1.807) is 0 Å². The average molecular weight is 310 g/mol. The second-order valence-electron chi connectivity index (χ2n) is 5.83. The fraction of sp³-hybridized carbons (Fsp3) is 0.333. The molecule has 0 aliphatic carbocycles. The summed E-state index contributed by atoms with van der Waals surface area (Å²) in [6.45, 7) is 4.49. The maximum atomic E-state index is 12.2. The number of rotatable bonds is 4. The molecule has 0 bridgehead atoms. The Hall–Kier alpha value is -2.40. The second-order valence-corrected chi connectivity index (χ2v) is 5.83. The van der Waals surface area contributed by atoms with Crippen LogP contribution in [0.5, 0.6) is 0 Å². The highest BCUT2D eigenvalue weighted by atomic mass is 16.1. The lowest BCUT2D eigenvalue weighted by Crippen LogP contribution is -2.45. The van der Waals surface area contributed by atoms with Crippen LogP contribution in [0.1, 0.15) is 15.9 Å². The zero-order valence-corrected chi connectivity index (χ0v) is 13.4. The smallest absolute Gasteiger partial charge is 0.251 e. The fourth-order valence-corrected chi connectivity index (χ4v) is 2.74. The van der Waals surface area contributed by atoms with Crippen LogP contribution in [-0.4, -0.2) is 49.0 Å². The monoisotopic (exact) mass is 310 g/mol. The lowest BCUT2D eigenvalue weighted by Gasteiger charge is -2.34. The van der Waals surface area contributed by atoms with Crippen molar-refractivity contribution in [1.82, 2.24) is 15.2 Å². The molecule has 1 aliphatic rings. The number of carbonyl (C=O) groups excluding carboxylic acids is 1. The highest BCUT2D eigenvalue weighted by molar-refractivity contribution is 5.94. The molecule has 5 nitrogen and oxygen atoms in total. The Morgan fingerprint density at radius 2 is 1.83 bits per heavy atom. The molecule has 5 heteroatoms. The van der Waals surface area contributed by atoms with Gasteiger partial charge >= 0.3 is 0 Å². The van der Waals surface area contributed by atoms with Crippen molar-refractivity contribution in [3.8, 4) is 0 Å². The number of benzene rings is 1. The summed E-state index contributed by atoms with van der Waals surface area (Å²) in [5.74, 6) is 0.924. The normalized spacial score (nSPS) is 15.4. The van der Waals surface area contributed by atoms with Crippen molar-refractivity contribution in [1.29, 1.82) is 0 Å². The first-order chi connectivity index (χ1) is 11.2. The summed E-state index contributed by atoms with van der Waals surface area (Å²) >= 11 is 0. The Bertz CT molecular complexity index is 651. The fourth-order valence-electron chi connectivity index (χ4n) is 2.74. The van der Waals surface area contributed by atoms with E-state index < -0.39 is 0 Å². The first-order valence-electron chi connectivity index (χ1n) is 7.94. The molecule has 1 aromatic heterocycles. The van der Waals surface area contributed by atoms with Gasteiger partial charge in [-0.1, -0.05) is 24.3 Å². The number of hydrogen-bond donors (Lipinski definition) is 1. The quantitative estimate of drug-likeness (QED) is 0.935. The van der Waals surface area contributed by atoms with E-state index in [-0.39, 0.29) is 5.91 Å². The van der Waals surface area contributed by atoms with Crippen molar-refractivity contribution in [3.05, 3.63) is 59.8 Å². The van der Waals surface area contributed by atoms with Crippen LogP contribution in [0, 0.1) is 0 Å². The third kappa shape index (κ3) is 3.87. The molecule has 120 valence electrons. The van der Waals surface area contributed by atoms with E-state index in [4.69, 9.17) is 0 Å². The van der Waals surface area contributed by atoms with E-state index >= 15 is 0 Å². The molecule has 1 fully saturated rings. The van der Waals surface area contributed by atoms with Crippen molar-refractivity contribution >= 4 is 11.7 Å². The zero-order chi connectivity index (χ0) is 16.1. The average Bonchev–Trinajstić information content (AvgIpc) is 2.61. The standard InChI is InChI=1S/C18H22N4O/c1-21-10-12-22(13-11-21)17-16(8-5-9-19-17)14-20-18(23)15-6-3-2-4-7-15/h2-9H,10-14H2,1H3,(H,20,23). The van der Waals surface area contributed by atoms with Gasteiger partial charge in [0, 0.05) is 50.0 Å². The van der Waals surface area contributed by atoms with Gasteiger partial charge in [-0.25, -0.2) is 4.98 Å². The third-order valence-electron chi connectivity index (χ3n) is 4.15. The predicted molar refractivity (Wildman–Crippen MR) is 91.6 cm³/mol. The molecule has 0 spiro atoms. The van der Waals surface area contributed by atoms with E-state index in [0.717, 1.165) is 37.6 Å². The topological polar surface area (TPSA) is 48.5 Å². The molecule has 0 radical (unpaired) electrons. The summed E-state index contributed by atoms with van der Waals surface area (Å²) in [7, 11) is 2.14. The number of anilines is 1. The SMILES string of the molecule is CN1CCN(c2ncccc2CNC(=O)c2ccccc2)CC1. The van der Waals surface area contributed by atoms with Gasteiger partial charge in [0.05, 0.1) is 0 Å². The number of carbonyl (C=O) groups is 1. The summed E-state index contributed by atoms with van der Waals surface area (Å²) in [6.07, 6.45) is 1.82. The van der Waals surface area contributed by atoms with Gasteiger partial charge in [-0.2, -0.15) is 0 Å². The van der Waals surface area contributed by atoms with Crippen LogP contribution in [0.15, 0.2) is 48.7 Å². The minimum absolute atomic E-state index is 0.0567. The highest BCUT2D eigenvalue weighted by Crippen LogP contribution is 2.18. The summed E-state index contributed by atoms with van der Waals surface area (Å²) < 4.78 is 0. The van der Waals surface area contributed by atoms with E-state index in [1.165, 1.54) is 0 Å². The van der Waals surface area contributed by atoms with Crippen LogP contribution in [0.4, 0.5) is 5.82 Å². The molecule has 2 aromatic rings. The van der Waals surface area contributed by atoms with Gasteiger partial charge in [0.1, 0.15) is 5.82 Å². The largest absolute Gasteiger partial charge is 0.354 e.